The van der Waals surface area contributed by atoms with Crippen molar-refractivity contribution >= 4 is 35.6 Å². The molecule has 13 nitrogen and oxygen atoms in total. The first-order valence-electron chi connectivity index (χ1n) is 9.49. The van der Waals surface area contributed by atoms with E-state index < -0.39 is 29.9 Å². The first-order chi connectivity index (χ1) is 16.3. The molecule has 2 aromatic carbocycles. The van der Waals surface area contributed by atoms with Crippen LogP contribution in [0.1, 0.15) is 17.2 Å². The Morgan fingerprint density at radius 2 is 1.54 bits per heavy atom. The van der Waals surface area contributed by atoms with Gasteiger partial charge in [-0.2, -0.15) is 0 Å². The Labute approximate surface area is 201 Å². The van der Waals surface area contributed by atoms with E-state index in [0.717, 1.165) is 11.5 Å². The molecule has 0 radical (unpaired) electrons. The fourth-order valence-electron chi connectivity index (χ4n) is 2.93. The Morgan fingerprint density at radius 3 is 2.00 bits per heavy atom. The number of carboxylic acid groups (broad SMARTS) is 1. The molecule has 4 N–H and O–H groups in total. The maximum atomic E-state index is 12.7. The Bertz CT molecular complexity index is 1230. The third-order valence-corrected chi connectivity index (χ3v) is 5.91. The Kier molecular flexibility index (Phi) is 9.12. The minimum atomic E-state index is -5.21. The molecule has 0 amide bonds. The zero-order valence-electron chi connectivity index (χ0n) is 19.0. The highest BCUT2D eigenvalue weighted by molar-refractivity contribution is 7.95. The molecule has 0 aliphatic heterocycles. The lowest BCUT2D eigenvalue weighted by Crippen LogP contribution is -2.16. The number of benzene rings is 2. The fourth-order valence-corrected chi connectivity index (χ4v) is 4.24. The van der Waals surface area contributed by atoms with Gasteiger partial charge in [0.05, 0.1) is 39.4 Å². The number of methoxy groups -OCH3 is 4. The second kappa shape index (κ2) is 11.4. The third kappa shape index (κ3) is 7.60. The van der Waals surface area contributed by atoms with Crippen molar-refractivity contribution in [3.05, 3.63) is 46.9 Å². The van der Waals surface area contributed by atoms with E-state index in [4.69, 9.17) is 28.7 Å². The minimum Gasteiger partial charge on any atom is -0.496 e. The predicted octanol–water partition coefficient (Wildman–Crippen LogP) is 2.37. The van der Waals surface area contributed by atoms with E-state index >= 15 is 0 Å². The zero-order valence-corrected chi connectivity index (χ0v) is 20.7. The summed E-state index contributed by atoms with van der Waals surface area (Å²) in [5, 5.41) is 10.2. The van der Waals surface area contributed by atoms with Crippen LogP contribution in [0.2, 0.25) is 0 Å². The van der Waals surface area contributed by atoms with Gasteiger partial charge in [0, 0.05) is 23.4 Å². The highest BCUT2D eigenvalue weighted by Gasteiger charge is 2.32. The number of ether oxygens (including phenoxy) is 4. The van der Waals surface area contributed by atoms with Gasteiger partial charge < -0.3 is 33.8 Å². The van der Waals surface area contributed by atoms with E-state index in [0.29, 0.717) is 11.3 Å². The molecule has 0 aromatic heterocycles. The molecule has 192 valence electrons. The maximum Gasteiger partial charge on any atom is 0.470 e. The van der Waals surface area contributed by atoms with E-state index in [9.17, 15) is 22.9 Å². The summed E-state index contributed by atoms with van der Waals surface area (Å²) in [5.74, 6) is -0.855. The van der Waals surface area contributed by atoms with Crippen LogP contribution in [0, 0.1) is 0 Å². The first kappa shape index (κ1) is 28.0. The third-order valence-electron chi connectivity index (χ3n) is 4.41. The summed E-state index contributed by atoms with van der Waals surface area (Å²) in [6.07, 6.45) is -0.917. The summed E-state index contributed by atoms with van der Waals surface area (Å²) in [7, 11) is -3.98. The number of aliphatic carboxylic acids is 1. The van der Waals surface area contributed by atoms with Crippen molar-refractivity contribution in [3.63, 3.8) is 0 Å². The quantitative estimate of drug-likeness (QED) is 0.292. The SMILES string of the molecule is COc1cc(OC)c(C=CS(=O)(=O)Nc2ccc(OC)c(C(OP(=O)(O)O)C(=O)O)c2)c(OC)c1. The molecule has 0 spiro atoms. The molecule has 1 atom stereocenters. The minimum absolute atomic E-state index is 0.1000. The van der Waals surface area contributed by atoms with Crippen LogP contribution < -0.4 is 23.7 Å². The van der Waals surface area contributed by atoms with Gasteiger partial charge in [0.2, 0.25) is 0 Å². The lowest BCUT2D eigenvalue weighted by atomic mass is 10.1. The lowest BCUT2D eigenvalue weighted by molar-refractivity contribution is -0.146. The normalized spacial score (nSPS) is 12.7. The molecule has 0 heterocycles. The second-order valence-corrected chi connectivity index (χ2v) is 9.42. The number of hydrogen-bond acceptors (Lipinski definition) is 9. The maximum absolute atomic E-state index is 12.7. The van der Waals surface area contributed by atoms with E-state index in [-0.39, 0.29) is 28.5 Å². The van der Waals surface area contributed by atoms with Crippen LogP contribution in [0.25, 0.3) is 6.08 Å². The second-order valence-electron chi connectivity index (χ2n) is 6.67. The van der Waals surface area contributed by atoms with Crippen molar-refractivity contribution in [2.75, 3.05) is 33.2 Å². The fraction of sp³-hybridized carbons (Fsp3) is 0.250. The van der Waals surface area contributed by atoms with Crippen LogP contribution >= 0.6 is 7.82 Å². The molecule has 15 heteroatoms. The molecular formula is C20H24NO12PS. The van der Waals surface area contributed by atoms with Crippen LogP contribution in [-0.4, -0.2) is 57.7 Å². The van der Waals surface area contributed by atoms with E-state index in [1.54, 1.807) is 0 Å². The number of rotatable bonds is 12. The molecular weight excluding hydrogens is 509 g/mol. The number of carboxylic acids is 1. The molecule has 0 aliphatic rings. The van der Waals surface area contributed by atoms with Crippen LogP contribution in [-0.2, 0) is 23.9 Å². The highest BCUT2D eigenvalue weighted by Crippen LogP contribution is 2.44. The predicted molar refractivity (Wildman–Crippen MR) is 124 cm³/mol. The lowest BCUT2D eigenvalue weighted by Gasteiger charge is -2.18. The van der Waals surface area contributed by atoms with Gasteiger partial charge in [0.15, 0.2) is 6.10 Å². The molecule has 0 aliphatic carbocycles. The van der Waals surface area contributed by atoms with Crippen molar-refractivity contribution in [1.82, 2.24) is 0 Å². The summed E-state index contributed by atoms with van der Waals surface area (Å²) in [6, 6.07) is 6.56. The van der Waals surface area contributed by atoms with Crippen molar-refractivity contribution in [3.8, 4) is 23.0 Å². The topological polar surface area (TPSA) is 187 Å². The van der Waals surface area contributed by atoms with Gasteiger partial charge in [-0.25, -0.2) is 17.8 Å². The van der Waals surface area contributed by atoms with Gasteiger partial charge in [-0.15, -0.1) is 0 Å². The highest BCUT2D eigenvalue weighted by atomic mass is 32.2. The van der Waals surface area contributed by atoms with Crippen LogP contribution in [0.4, 0.5) is 5.69 Å². The molecule has 35 heavy (non-hydrogen) atoms. The van der Waals surface area contributed by atoms with Crippen LogP contribution in [0.5, 0.6) is 23.0 Å². The number of anilines is 1. The van der Waals surface area contributed by atoms with E-state index in [1.807, 2.05) is 0 Å². The van der Waals surface area contributed by atoms with Gasteiger partial charge >= 0.3 is 13.8 Å². The summed E-state index contributed by atoms with van der Waals surface area (Å²) in [4.78, 5) is 29.7. The van der Waals surface area contributed by atoms with Crippen molar-refractivity contribution < 1.29 is 56.1 Å². The molecule has 0 saturated heterocycles. The van der Waals surface area contributed by atoms with Gasteiger partial charge in [-0.3, -0.25) is 9.25 Å². The molecule has 0 fully saturated rings. The molecule has 0 saturated carbocycles. The standard InChI is InChI=1S/C20H24NO12PS/c1-29-13-10-17(31-3)14(18(11-13)32-4)7-8-35(27,28)21-12-5-6-16(30-2)15(9-12)19(20(22)23)33-34(24,25)26/h5-11,19,21H,1-4H3,(H,22,23)(H2,24,25,26). The molecule has 2 aromatic rings. The summed E-state index contributed by atoms with van der Waals surface area (Å²) in [6.45, 7) is 0. The van der Waals surface area contributed by atoms with Crippen molar-refractivity contribution in [2.45, 2.75) is 6.10 Å². The number of carbonyl (C=O) groups is 1. The Morgan fingerprint density at radius 1 is 0.971 bits per heavy atom. The number of hydrogen-bond donors (Lipinski definition) is 4. The summed E-state index contributed by atoms with van der Waals surface area (Å²) < 4.78 is 63.9. The molecule has 0 bridgehead atoms. The van der Waals surface area contributed by atoms with E-state index in [2.05, 4.69) is 9.25 Å². The summed E-state index contributed by atoms with van der Waals surface area (Å²) >= 11 is 0. The van der Waals surface area contributed by atoms with Gasteiger partial charge in [0.25, 0.3) is 10.0 Å². The Hall–Kier alpha value is -3.29. The zero-order chi connectivity index (χ0) is 26.4. The molecule has 1 unspecified atom stereocenters. The number of phosphoric ester groups is 1. The molecule has 2 rings (SSSR count). The first-order valence-corrected chi connectivity index (χ1v) is 12.6. The monoisotopic (exact) mass is 533 g/mol. The van der Waals surface area contributed by atoms with Gasteiger partial charge in [-0.05, 0) is 24.3 Å². The number of nitrogens with one attached hydrogen (secondary N) is 1. The van der Waals surface area contributed by atoms with Crippen molar-refractivity contribution in [2.24, 2.45) is 0 Å². The van der Waals surface area contributed by atoms with Crippen molar-refractivity contribution in [1.29, 1.82) is 0 Å². The summed E-state index contributed by atoms with van der Waals surface area (Å²) in [5.41, 5.74) is -0.150. The van der Waals surface area contributed by atoms with Crippen LogP contribution in [0.15, 0.2) is 35.7 Å². The van der Waals surface area contributed by atoms with Gasteiger partial charge in [-0.1, -0.05) is 0 Å². The van der Waals surface area contributed by atoms with E-state index in [1.165, 1.54) is 58.8 Å². The number of sulfonamides is 1. The number of phosphoric acid groups is 1. The Balaban J connectivity index is 2.43. The van der Waals surface area contributed by atoms with Crippen LogP contribution in [0.3, 0.4) is 0 Å². The largest absolute Gasteiger partial charge is 0.496 e. The smallest absolute Gasteiger partial charge is 0.470 e. The average Bonchev–Trinajstić information content (AvgIpc) is 2.79. The van der Waals surface area contributed by atoms with Gasteiger partial charge in [0.1, 0.15) is 23.0 Å². The average molecular weight is 533 g/mol.